The SMILES string of the molecule is N#CC1=C2N=C(N)c3ccccc3N2C2=C(C(=O)C[C@H](c3ccco3)C2)[C@H]1c1ccsc1. The second-order valence-electron chi connectivity index (χ2n) is 8.09. The number of nitrogens with zero attached hydrogens (tertiary/aromatic N) is 3. The first-order valence-electron chi connectivity index (χ1n) is 10.4. The number of carbonyl (C=O) groups excluding carboxylic acids is 1. The van der Waals surface area contributed by atoms with Crippen molar-refractivity contribution >= 4 is 28.6 Å². The predicted octanol–water partition coefficient (Wildman–Crippen LogP) is 4.80. The number of rotatable bonds is 2. The fraction of sp³-hybridized carbons (Fsp3) is 0.160. The number of nitrogens with two attached hydrogens (primary N) is 1. The summed E-state index contributed by atoms with van der Waals surface area (Å²) in [6, 6.07) is 15.8. The molecule has 6 rings (SSSR count). The minimum atomic E-state index is -0.445. The molecule has 2 aromatic heterocycles. The maximum atomic E-state index is 13.6. The van der Waals surface area contributed by atoms with Gasteiger partial charge in [0.05, 0.1) is 29.5 Å². The van der Waals surface area contributed by atoms with Crippen LogP contribution in [0.1, 0.15) is 41.6 Å². The first-order chi connectivity index (χ1) is 15.7. The maximum absolute atomic E-state index is 13.6. The quantitative estimate of drug-likeness (QED) is 0.620. The molecule has 0 bridgehead atoms. The molecular formula is C25H18N4O2S. The molecule has 0 fully saturated rings. The molecule has 0 radical (unpaired) electrons. The Bertz CT molecular complexity index is 1370. The number of para-hydroxylation sites is 1. The Hall–Kier alpha value is -3.89. The number of benzene rings is 1. The molecule has 0 amide bonds. The van der Waals surface area contributed by atoms with Gasteiger partial charge in [-0.2, -0.15) is 16.6 Å². The molecule has 2 N–H and O–H groups in total. The summed E-state index contributed by atoms with van der Waals surface area (Å²) in [5.41, 5.74) is 10.9. The normalized spacial score (nSPS) is 22.2. The van der Waals surface area contributed by atoms with Crippen molar-refractivity contribution in [3.05, 3.63) is 99.0 Å². The van der Waals surface area contributed by atoms with Gasteiger partial charge in [-0.15, -0.1) is 0 Å². The van der Waals surface area contributed by atoms with E-state index in [1.54, 1.807) is 17.6 Å². The van der Waals surface area contributed by atoms with Gasteiger partial charge in [-0.3, -0.25) is 9.69 Å². The number of anilines is 1. The molecule has 3 aromatic rings. The van der Waals surface area contributed by atoms with Gasteiger partial charge in [-0.25, -0.2) is 4.99 Å². The lowest BCUT2D eigenvalue weighted by Crippen LogP contribution is -2.40. The van der Waals surface area contributed by atoms with E-state index in [4.69, 9.17) is 10.2 Å². The molecule has 6 nitrogen and oxygen atoms in total. The third kappa shape index (κ3) is 2.63. The van der Waals surface area contributed by atoms with Gasteiger partial charge in [0.15, 0.2) is 11.6 Å². The number of thiophene rings is 1. The Morgan fingerprint density at radius 3 is 2.81 bits per heavy atom. The molecule has 1 aromatic carbocycles. The summed E-state index contributed by atoms with van der Waals surface area (Å²) < 4.78 is 5.66. The number of Topliss-reactive ketones (excluding diaryl/α,β-unsaturated/α-hetero) is 1. The Balaban J connectivity index is 1.63. The van der Waals surface area contributed by atoms with Crippen LogP contribution >= 0.6 is 11.3 Å². The molecule has 2 aliphatic heterocycles. The van der Waals surface area contributed by atoms with Crippen molar-refractivity contribution in [1.82, 2.24) is 0 Å². The van der Waals surface area contributed by atoms with E-state index in [9.17, 15) is 10.1 Å². The highest BCUT2D eigenvalue weighted by molar-refractivity contribution is 7.08. The van der Waals surface area contributed by atoms with E-state index < -0.39 is 5.92 Å². The average Bonchev–Trinajstić information content (AvgIpc) is 3.52. The number of hydrogen-bond donors (Lipinski definition) is 1. The molecule has 2 atom stereocenters. The van der Waals surface area contributed by atoms with Gasteiger partial charge in [0, 0.05) is 29.2 Å². The van der Waals surface area contributed by atoms with Crippen molar-refractivity contribution in [1.29, 1.82) is 5.26 Å². The number of amidine groups is 1. The zero-order valence-corrected chi connectivity index (χ0v) is 17.8. The fourth-order valence-corrected chi connectivity index (χ4v) is 5.70. The van der Waals surface area contributed by atoms with Crippen LogP contribution in [-0.2, 0) is 4.79 Å². The number of ketones is 1. The summed E-state index contributed by atoms with van der Waals surface area (Å²) in [5, 5.41) is 14.2. The van der Waals surface area contributed by atoms with Crippen LogP contribution in [0, 0.1) is 11.3 Å². The topological polar surface area (TPSA) is 95.6 Å². The highest BCUT2D eigenvalue weighted by Gasteiger charge is 2.45. The van der Waals surface area contributed by atoms with Crippen LogP contribution in [0.15, 0.2) is 91.6 Å². The lowest BCUT2D eigenvalue weighted by Gasteiger charge is -2.42. The van der Waals surface area contributed by atoms with Crippen LogP contribution in [0.3, 0.4) is 0 Å². The van der Waals surface area contributed by atoms with Crippen LogP contribution in [0.25, 0.3) is 0 Å². The van der Waals surface area contributed by atoms with Crippen molar-refractivity contribution in [2.75, 3.05) is 4.90 Å². The third-order valence-electron chi connectivity index (χ3n) is 6.37. The van der Waals surface area contributed by atoms with Gasteiger partial charge in [0.25, 0.3) is 0 Å². The van der Waals surface area contributed by atoms with E-state index in [-0.39, 0.29) is 11.7 Å². The number of aliphatic imine (C=N–C) groups is 1. The van der Waals surface area contributed by atoms with Crippen LogP contribution in [0.4, 0.5) is 5.69 Å². The monoisotopic (exact) mass is 438 g/mol. The van der Waals surface area contributed by atoms with E-state index in [0.717, 1.165) is 28.3 Å². The predicted molar refractivity (Wildman–Crippen MR) is 122 cm³/mol. The number of hydrogen-bond acceptors (Lipinski definition) is 7. The van der Waals surface area contributed by atoms with Crippen LogP contribution in [0.5, 0.6) is 0 Å². The average molecular weight is 439 g/mol. The highest BCUT2D eigenvalue weighted by Crippen LogP contribution is 2.51. The van der Waals surface area contributed by atoms with Crippen molar-refractivity contribution in [2.24, 2.45) is 10.7 Å². The standard InChI is InChI=1S/C25H18N4O2S/c26-12-17-22(14-7-9-32-13-14)23-19(10-15(11-20(23)30)21-6-3-8-31-21)29-18-5-2-1-4-16(18)24(27)28-25(17)29/h1-9,13,15,22H,10-11H2,(H2,27,28)/t15-,22+/m1/s1. The van der Waals surface area contributed by atoms with Gasteiger partial charge < -0.3 is 10.2 Å². The molecule has 1 aliphatic carbocycles. The summed E-state index contributed by atoms with van der Waals surface area (Å²) in [5.74, 6) is 1.19. The molecule has 3 aliphatic rings. The first kappa shape index (κ1) is 18.8. The van der Waals surface area contributed by atoms with Crippen LogP contribution in [0.2, 0.25) is 0 Å². The Kier molecular flexibility index (Phi) is 4.17. The summed E-state index contributed by atoms with van der Waals surface area (Å²) in [6.07, 6.45) is 2.60. The minimum Gasteiger partial charge on any atom is -0.469 e. The molecular weight excluding hydrogens is 420 g/mol. The number of fused-ring (bicyclic) bond motifs is 4. The zero-order chi connectivity index (χ0) is 21.8. The number of carbonyl (C=O) groups is 1. The van der Waals surface area contributed by atoms with Crippen LogP contribution in [-0.4, -0.2) is 11.6 Å². The van der Waals surface area contributed by atoms with E-state index in [2.05, 4.69) is 11.1 Å². The maximum Gasteiger partial charge on any atom is 0.162 e. The van der Waals surface area contributed by atoms with Gasteiger partial charge in [0.2, 0.25) is 0 Å². The van der Waals surface area contributed by atoms with Crippen molar-refractivity contribution < 1.29 is 9.21 Å². The lowest BCUT2D eigenvalue weighted by molar-refractivity contribution is -0.116. The van der Waals surface area contributed by atoms with E-state index in [1.165, 1.54) is 0 Å². The number of nitriles is 1. The van der Waals surface area contributed by atoms with E-state index in [1.807, 2.05) is 58.1 Å². The molecule has 0 saturated carbocycles. The van der Waals surface area contributed by atoms with Crippen molar-refractivity contribution in [2.45, 2.75) is 24.7 Å². The molecule has 0 unspecified atom stereocenters. The Morgan fingerprint density at radius 2 is 2.06 bits per heavy atom. The first-order valence-corrected chi connectivity index (χ1v) is 11.3. The van der Waals surface area contributed by atoms with E-state index >= 15 is 0 Å². The third-order valence-corrected chi connectivity index (χ3v) is 7.07. The van der Waals surface area contributed by atoms with Crippen molar-refractivity contribution in [3.63, 3.8) is 0 Å². The van der Waals surface area contributed by atoms with Gasteiger partial charge >= 0.3 is 0 Å². The Labute approximate surface area is 188 Å². The summed E-state index contributed by atoms with van der Waals surface area (Å²) in [4.78, 5) is 20.3. The largest absolute Gasteiger partial charge is 0.469 e. The molecule has 0 spiro atoms. The van der Waals surface area contributed by atoms with Gasteiger partial charge in [-0.1, -0.05) is 12.1 Å². The van der Waals surface area contributed by atoms with E-state index in [0.29, 0.717) is 35.6 Å². The molecule has 7 heteroatoms. The van der Waals surface area contributed by atoms with Gasteiger partial charge in [-0.05, 0) is 53.1 Å². The molecule has 4 heterocycles. The molecule has 32 heavy (non-hydrogen) atoms. The fourth-order valence-electron chi connectivity index (χ4n) is 5.01. The van der Waals surface area contributed by atoms with Crippen LogP contribution < -0.4 is 10.6 Å². The zero-order valence-electron chi connectivity index (χ0n) is 17.0. The summed E-state index contributed by atoms with van der Waals surface area (Å²) in [7, 11) is 0. The number of allylic oxidation sites excluding steroid dienone is 3. The second kappa shape index (κ2) is 7.08. The molecule has 156 valence electrons. The summed E-state index contributed by atoms with van der Waals surface area (Å²) in [6.45, 7) is 0. The smallest absolute Gasteiger partial charge is 0.162 e. The number of furan rings is 1. The lowest BCUT2D eigenvalue weighted by atomic mass is 9.73. The highest BCUT2D eigenvalue weighted by atomic mass is 32.1. The Morgan fingerprint density at radius 1 is 1.19 bits per heavy atom. The minimum absolute atomic E-state index is 0.0376. The molecule has 0 saturated heterocycles. The second-order valence-corrected chi connectivity index (χ2v) is 8.87. The summed E-state index contributed by atoms with van der Waals surface area (Å²) >= 11 is 1.55. The van der Waals surface area contributed by atoms with Gasteiger partial charge in [0.1, 0.15) is 11.6 Å². The van der Waals surface area contributed by atoms with Crippen molar-refractivity contribution in [3.8, 4) is 6.07 Å².